The summed E-state index contributed by atoms with van der Waals surface area (Å²) in [6.45, 7) is 9.43. The molecule has 1 amide bonds. The van der Waals surface area contributed by atoms with Crippen molar-refractivity contribution in [3.05, 3.63) is 0 Å². The number of ketones is 1. The van der Waals surface area contributed by atoms with Gasteiger partial charge in [0.15, 0.2) is 0 Å². The molecule has 0 saturated carbocycles. The Balaban J connectivity index is 2.53. The minimum Gasteiger partial charge on any atom is -0.352 e. The third-order valence-electron chi connectivity index (χ3n) is 4.29. The van der Waals surface area contributed by atoms with Crippen LogP contribution in [-0.2, 0) is 9.59 Å². The van der Waals surface area contributed by atoms with Crippen LogP contribution < -0.4 is 5.32 Å². The Kier molecular flexibility index (Phi) is 6.49. The second kappa shape index (κ2) is 7.63. The Morgan fingerprint density at radius 1 is 1.32 bits per heavy atom. The maximum atomic E-state index is 12.2. The van der Waals surface area contributed by atoms with Gasteiger partial charge in [0.25, 0.3) is 0 Å². The minimum atomic E-state index is -0.136. The lowest BCUT2D eigenvalue weighted by Gasteiger charge is -2.35. The molecule has 19 heavy (non-hydrogen) atoms. The van der Waals surface area contributed by atoms with Crippen LogP contribution in [0.25, 0.3) is 0 Å². The first-order valence-electron chi connectivity index (χ1n) is 7.54. The monoisotopic (exact) mass is 268 g/mol. The number of amides is 1. The number of nitrogens with one attached hydrogen (secondary N) is 1. The molecule has 1 saturated heterocycles. The number of hydrogen-bond acceptors (Lipinski definition) is 3. The zero-order chi connectivity index (χ0) is 14.4. The number of Topliss-reactive ketones (excluding diaryl/α,β-unsaturated/α-hetero) is 1. The topological polar surface area (TPSA) is 49.4 Å². The van der Waals surface area contributed by atoms with Crippen molar-refractivity contribution in [2.24, 2.45) is 5.92 Å². The van der Waals surface area contributed by atoms with Gasteiger partial charge in [-0.1, -0.05) is 13.8 Å². The summed E-state index contributed by atoms with van der Waals surface area (Å²) in [5.41, 5.74) is 0. The van der Waals surface area contributed by atoms with Gasteiger partial charge in [0, 0.05) is 18.5 Å². The summed E-state index contributed by atoms with van der Waals surface area (Å²) in [7, 11) is 0. The molecular weight excluding hydrogens is 240 g/mol. The summed E-state index contributed by atoms with van der Waals surface area (Å²) in [6, 6.07) is 0.131. The van der Waals surface area contributed by atoms with Crippen molar-refractivity contribution in [2.75, 3.05) is 13.1 Å². The molecule has 0 aromatic rings. The van der Waals surface area contributed by atoms with E-state index in [1.165, 1.54) is 0 Å². The number of carbonyl (C=O) groups excluding carboxylic acids is 2. The fraction of sp³-hybridized carbons (Fsp3) is 0.867. The Hall–Kier alpha value is -0.900. The van der Waals surface area contributed by atoms with Crippen molar-refractivity contribution in [3.63, 3.8) is 0 Å². The number of carbonyl (C=O) groups is 2. The molecule has 0 aromatic heterocycles. The third kappa shape index (κ3) is 4.60. The second-order valence-electron chi connectivity index (χ2n) is 5.64. The SMILES string of the molecule is CCC(CC)NC(=O)C(C)N1CCCC(C(C)=O)C1. The lowest BCUT2D eigenvalue weighted by atomic mass is 9.93. The first-order valence-corrected chi connectivity index (χ1v) is 7.54. The Morgan fingerprint density at radius 3 is 2.47 bits per heavy atom. The van der Waals surface area contributed by atoms with Crippen molar-refractivity contribution < 1.29 is 9.59 Å². The summed E-state index contributed by atoms with van der Waals surface area (Å²) in [4.78, 5) is 25.8. The van der Waals surface area contributed by atoms with Crippen molar-refractivity contribution in [2.45, 2.75) is 65.5 Å². The summed E-state index contributed by atoms with van der Waals surface area (Å²) < 4.78 is 0. The highest BCUT2D eigenvalue weighted by Crippen LogP contribution is 2.19. The van der Waals surface area contributed by atoms with E-state index in [1.54, 1.807) is 6.92 Å². The predicted octanol–water partition coefficient (Wildman–Crippen LogP) is 1.98. The van der Waals surface area contributed by atoms with Crippen molar-refractivity contribution in [3.8, 4) is 0 Å². The van der Waals surface area contributed by atoms with Gasteiger partial charge in [-0.05, 0) is 46.1 Å². The van der Waals surface area contributed by atoms with Gasteiger partial charge in [-0.3, -0.25) is 14.5 Å². The summed E-state index contributed by atoms with van der Waals surface area (Å²) in [6.07, 6.45) is 3.90. The van der Waals surface area contributed by atoms with Gasteiger partial charge in [-0.15, -0.1) is 0 Å². The van der Waals surface area contributed by atoms with E-state index >= 15 is 0 Å². The van der Waals surface area contributed by atoms with Gasteiger partial charge in [0.05, 0.1) is 6.04 Å². The van der Waals surface area contributed by atoms with Gasteiger partial charge in [-0.2, -0.15) is 0 Å². The molecule has 1 aliphatic heterocycles. The lowest BCUT2D eigenvalue weighted by Crippen LogP contribution is -2.51. The normalized spacial score (nSPS) is 22.3. The quantitative estimate of drug-likeness (QED) is 0.801. The Morgan fingerprint density at radius 2 is 1.95 bits per heavy atom. The van der Waals surface area contributed by atoms with Crippen LogP contribution in [0.2, 0.25) is 0 Å². The number of piperidine rings is 1. The Bertz CT molecular complexity index is 313. The third-order valence-corrected chi connectivity index (χ3v) is 4.29. The molecular formula is C15H28N2O2. The van der Waals surface area contributed by atoms with E-state index in [4.69, 9.17) is 0 Å². The minimum absolute atomic E-state index is 0.0953. The van der Waals surface area contributed by atoms with E-state index in [1.807, 2.05) is 6.92 Å². The number of likely N-dealkylation sites (tertiary alicyclic amines) is 1. The van der Waals surface area contributed by atoms with Crippen LogP contribution in [0.3, 0.4) is 0 Å². The van der Waals surface area contributed by atoms with Crippen LogP contribution in [0.4, 0.5) is 0 Å². The molecule has 4 heteroatoms. The molecule has 110 valence electrons. The largest absolute Gasteiger partial charge is 0.352 e. The van der Waals surface area contributed by atoms with Gasteiger partial charge in [0.1, 0.15) is 5.78 Å². The van der Waals surface area contributed by atoms with Gasteiger partial charge < -0.3 is 5.32 Å². The highest BCUT2D eigenvalue weighted by molar-refractivity contribution is 5.82. The van der Waals surface area contributed by atoms with Crippen LogP contribution in [0.5, 0.6) is 0 Å². The highest BCUT2D eigenvalue weighted by Gasteiger charge is 2.29. The maximum absolute atomic E-state index is 12.2. The summed E-state index contributed by atoms with van der Waals surface area (Å²) in [5.74, 6) is 0.451. The molecule has 2 atom stereocenters. The van der Waals surface area contributed by atoms with Crippen LogP contribution in [0.1, 0.15) is 53.4 Å². The van der Waals surface area contributed by atoms with Crippen LogP contribution in [0.15, 0.2) is 0 Å². The zero-order valence-corrected chi connectivity index (χ0v) is 12.7. The molecule has 2 unspecified atom stereocenters. The number of hydrogen-bond donors (Lipinski definition) is 1. The molecule has 4 nitrogen and oxygen atoms in total. The molecule has 1 heterocycles. The zero-order valence-electron chi connectivity index (χ0n) is 12.7. The van der Waals surface area contributed by atoms with E-state index in [0.29, 0.717) is 0 Å². The molecule has 1 aliphatic rings. The molecule has 0 aliphatic carbocycles. The van der Waals surface area contributed by atoms with E-state index < -0.39 is 0 Å². The molecule has 1 fully saturated rings. The van der Waals surface area contributed by atoms with Gasteiger partial charge in [0.2, 0.25) is 5.91 Å². The van der Waals surface area contributed by atoms with Crippen molar-refractivity contribution in [1.29, 1.82) is 0 Å². The van der Waals surface area contributed by atoms with Gasteiger partial charge in [-0.25, -0.2) is 0 Å². The lowest BCUT2D eigenvalue weighted by molar-refractivity contribution is -0.130. The fourth-order valence-corrected chi connectivity index (χ4v) is 2.67. The van der Waals surface area contributed by atoms with Crippen molar-refractivity contribution >= 4 is 11.7 Å². The van der Waals surface area contributed by atoms with Gasteiger partial charge >= 0.3 is 0 Å². The first-order chi connectivity index (χ1) is 8.99. The molecule has 1 rings (SSSR count). The van der Waals surface area contributed by atoms with E-state index in [9.17, 15) is 9.59 Å². The van der Waals surface area contributed by atoms with Crippen LogP contribution in [-0.4, -0.2) is 41.8 Å². The second-order valence-corrected chi connectivity index (χ2v) is 5.64. The predicted molar refractivity (Wildman–Crippen MR) is 77.0 cm³/mol. The standard InChI is InChI=1S/C15H28N2O2/c1-5-14(6-2)16-15(19)11(3)17-9-7-8-13(10-17)12(4)18/h11,13-14H,5-10H2,1-4H3,(H,16,19). The number of nitrogens with zero attached hydrogens (tertiary/aromatic N) is 1. The van der Waals surface area contributed by atoms with E-state index in [2.05, 4.69) is 24.1 Å². The molecule has 0 spiro atoms. The average Bonchev–Trinajstić information content (AvgIpc) is 2.43. The number of rotatable bonds is 6. The fourth-order valence-electron chi connectivity index (χ4n) is 2.67. The molecule has 1 N–H and O–H groups in total. The highest BCUT2D eigenvalue weighted by atomic mass is 16.2. The van der Waals surface area contributed by atoms with E-state index in [0.717, 1.165) is 38.8 Å². The average molecular weight is 268 g/mol. The van der Waals surface area contributed by atoms with Crippen LogP contribution >= 0.6 is 0 Å². The first kappa shape index (κ1) is 16.2. The maximum Gasteiger partial charge on any atom is 0.237 e. The van der Waals surface area contributed by atoms with Crippen LogP contribution in [0, 0.1) is 5.92 Å². The molecule has 0 bridgehead atoms. The Labute approximate surface area is 116 Å². The van der Waals surface area contributed by atoms with E-state index in [-0.39, 0.29) is 29.7 Å². The van der Waals surface area contributed by atoms with Crippen molar-refractivity contribution in [1.82, 2.24) is 10.2 Å². The smallest absolute Gasteiger partial charge is 0.237 e. The summed E-state index contributed by atoms with van der Waals surface area (Å²) in [5, 5.41) is 3.09. The molecule has 0 radical (unpaired) electrons. The summed E-state index contributed by atoms with van der Waals surface area (Å²) >= 11 is 0. The molecule has 0 aromatic carbocycles.